The Hall–Kier alpha value is -4.01. The number of ether oxygens (including phenoxy) is 1. The minimum atomic E-state index is -0.652. The summed E-state index contributed by atoms with van der Waals surface area (Å²) in [5.41, 5.74) is 1.38. The van der Waals surface area contributed by atoms with Gasteiger partial charge >= 0.3 is 5.69 Å². The van der Waals surface area contributed by atoms with Crippen LogP contribution in [0.1, 0.15) is 5.89 Å². The van der Waals surface area contributed by atoms with Crippen LogP contribution in [0.25, 0.3) is 17.1 Å². The van der Waals surface area contributed by atoms with E-state index in [4.69, 9.17) is 9.26 Å². The molecule has 0 N–H and O–H groups in total. The van der Waals surface area contributed by atoms with E-state index in [1.807, 2.05) is 53.4 Å². The molecule has 9 heteroatoms. The molecule has 0 aliphatic rings. The van der Waals surface area contributed by atoms with Crippen LogP contribution in [0, 0.1) is 15.9 Å². The summed E-state index contributed by atoms with van der Waals surface area (Å²) in [5, 5.41) is 14.9. The van der Waals surface area contributed by atoms with Crippen molar-refractivity contribution in [3.8, 4) is 22.8 Å². The number of nitro groups is 1. The number of rotatable bonds is 6. The highest BCUT2D eigenvalue weighted by atomic mass is 19.1. The molecule has 140 valence electrons. The molecule has 4 rings (SSSR count). The maximum absolute atomic E-state index is 13.3. The van der Waals surface area contributed by atoms with Crippen molar-refractivity contribution in [3.05, 3.63) is 88.8 Å². The van der Waals surface area contributed by atoms with Gasteiger partial charge < -0.3 is 13.8 Å². The Morgan fingerprint density at radius 2 is 1.89 bits per heavy atom. The molecule has 0 atom stereocenters. The Kier molecular flexibility index (Phi) is 4.55. The molecule has 0 unspecified atom stereocenters. The lowest BCUT2D eigenvalue weighted by molar-refractivity contribution is -0.386. The van der Waals surface area contributed by atoms with E-state index in [-0.39, 0.29) is 23.9 Å². The fourth-order valence-electron chi connectivity index (χ4n) is 2.61. The van der Waals surface area contributed by atoms with Gasteiger partial charge in [-0.15, -0.1) is 0 Å². The third-order valence-corrected chi connectivity index (χ3v) is 3.97. The van der Waals surface area contributed by atoms with Crippen LogP contribution in [0.5, 0.6) is 5.75 Å². The van der Waals surface area contributed by atoms with Crippen molar-refractivity contribution < 1.29 is 18.6 Å². The fraction of sp³-hybridized carbons (Fsp3) is 0.0526. The molecule has 0 radical (unpaired) electrons. The molecule has 0 bridgehead atoms. The van der Waals surface area contributed by atoms with Crippen molar-refractivity contribution in [1.29, 1.82) is 0 Å². The monoisotopic (exact) mass is 380 g/mol. The van der Waals surface area contributed by atoms with E-state index in [1.54, 1.807) is 0 Å². The van der Waals surface area contributed by atoms with Gasteiger partial charge in [0.05, 0.1) is 4.92 Å². The lowest BCUT2D eigenvalue weighted by Crippen LogP contribution is -2.00. The minimum Gasteiger partial charge on any atom is -0.477 e. The highest BCUT2D eigenvalue weighted by Gasteiger charge is 2.17. The molecule has 0 saturated carbocycles. The van der Waals surface area contributed by atoms with Gasteiger partial charge in [0, 0.05) is 35.8 Å². The number of aromatic nitrogens is 3. The second-order valence-electron chi connectivity index (χ2n) is 5.81. The summed E-state index contributed by atoms with van der Waals surface area (Å²) in [5.74, 6) is -0.384. The zero-order valence-electron chi connectivity index (χ0n) is 14.4. The molecule has 0 amide bonds. The molecule has 0 spiro atoms. The van der Waals surface area contributed by atoms with Crippen LogP contribution in [-0.2, 0) is 6.61 Å². The van der Waals surface area contributed by atoms with E-state index in [0.29, 0.717) is 5.82 Å². The standard InChI is InChI=1S/C19H13FN4O4/c20-14-5-8-16(24(25)26)17(11-14)27-12-18-21-19(22-28-18)13-3-6-15(7-4-13)23-9-1-2-10-23/h1-11H,12H2. The van der Waals surface area contributed by atoms with Crippen molar-refractivity contribution in [1.82, 2.24) is 14.7 Å². The summed E-state index contributed by atoms with van der Waals surface area (Å²) in [6.07, 6.45) is 3.87. The van der Waals surface area contributed by atoms with Crippen LogP contribution in [0.2, 0.25) is 0 Å². The number of halogens is 1. The number of nitrogens with zero attached hydrogens (tertiary/aromatic N) is 4. The first kappa shape index (κ1) is 17.4. The summed E-state index contributed by atoms with van der Waals surface area (Å²) < 4.78 is 25.7. The van der Waals surface area contributed by atoms with E-state index in [2.05, 4.69) is 10.1 Å². The predicted molar refractivity (Wildman–Crippen MR) is 96.4 cm³/mol. The van der Waals surface area contributed by atoms with E-state index >= 15 is 0 Å². The van der Waals surface area contributed by atoms with Crippen molar-refractivity contribution in [2.45, 2.75) is 6.61 Å². The number of nitro benzene ring substituents is 1. The molecule has 0 aliphatic heterocycles. The van der Waals surface area contributed by atoms with Gasteiger partial charge in [0.2, 0.25) is 11.6 Å². The normalized spacial score (nSPS) is 10.8. The second kappa shape index (κ2) is 7.31. The van der Waals surface area contributed by atoms with Crippen LogP contribution in [-0.4, -0.2) is 19.6 Å². The summed E-state index contributed by atoms with van der Waals surface area (Å²) in [7, 11) is 0. The van der Waals surface area contributed by atoms with Crippen molar-refractivity contribution in [3.63, 3.8) is 0 Å². The third-order valence-electron chi connectivity index (χ3n) is 3.97. The van der Waals surface area contributed by atoms with Gasteiger partial charge in [0.1, 0.15) is 5.82 Å². The zero-order chi connectivity index (χ0) is 19.5. The second-order valence-corrected chi connectivity index (χ2v) is 5.81. The summed E-state index contributed by atoms with van der Waals surface area (Å²) in [4.78, 5) is 14.6. The van der Waals surface area contributed by atoms with Crippen LogP contribution in [0.3, 0.4) is 0 Å². The summed E-state index contributed by atoms with van der Waals surface area (Å²) >= 11 is 0. The lowest BCUT2D eigenvalue weighted by Gasteiger charge is -2.04. The maximum atomic E-state index is 13.3. The first-order chi connectivity index (χ1) is 13.6. The Bertz CT molecular complexity index is 1110. The van der Waals surface area contributed by atoms with Gasteiger partial charge in [0.25, 0.3) is 5.89 Å². The maximum Gasteiger partial charge on any atom is 0.311 e. The average Bonchev–Trinajstić information content (AvgIpc) is 3.38. The average molecular weight is 380 g/mol. The first-order valence-corrected chi connectivity index (χ1v) is 8.23. The molecule has 0 fully saturated rings. The van der Waals surface area contributed by atoms with Gasteiger partial charge in [-0.3, -0.25) is 10.1 Å². The molecular weight excluding hydrogens is 367 g/mol. The van der Waals surface area contributed by atoms with Crippen LogP contribution >= 0.6 is 0 Å². The number of hydrogen-bond donors (Lipinski definition) is 0. The topological polar surface area (TPSA) is 96.2 Å². The third kappa shape index (κ3) is 3.58. The van der Waals surface area contributed by atoms with E-state index in [9.17, 15) is 14.5 Å². The van der Waals surface area contributed by atoms with E-state index in [0.717, 1.165) is 29.4 Å². The summed E-state index contributed by atoms with van der Waals surface area (Å²) in [6.45, 7) is -0.223. The van der Waals surface area contributed by atoms with Crippen LogP contribution in [0.4, 0.5) is 10.1 Å². The van der Waals surface area contributed by atoms with E-state index in [1.165, 1.54) is 0 Å². The quantitative estimate of drug-likeness (QED) is 0.368. The lowest BCUT2D eigenvalue weighted by atomic mass is 10.2. The Morgan fingerprint density at radius 1 is 1.14 bits per heavy atom. The van der Waals surface area contributed by atoms with Crippen LogP contribution < -0.4 is 4.74 Å². The number of benzene rings is 2. The van der Waals surface area contributed by atoms with Gasteiger partial charge in [-0.05, 0) is 42.5 Å². The molecule has 2 aromatic carbocycles. The van der Waals surface area contributed by atoms with Crippen molar-refractivity contribution >= 4 is 5.69 Å². The highest BCUT2D eigenvalue weighted by molar-refractivity contribution is 5.56. The molecule has 28 heavy (non-hydrogen) atoms. The molecule has 0 aliphatic carbocycles. The van der Waals surface area contributed by atoms with Gasteiger partial charge in [-0.2, -0.15) is 4.98 Å². The molecule has 4 aromatic rings. The first-order valence-electron chi connectivity index (χ1n) is 8.23. The van der Waals surface area contributed by atoms with Gasteiger partial charge in [0.15, 0.2) is 6.61 Å². The van der Waals surface area contributed by atoms with Gasteiger partial charge in [-0.1, -0.05) is 5.16 Å². The number of hydrogen-bond acceptors (Lipinski definition) is 6. The zero-order valence-corrected chi connectivity index (χ0v) is 14.4. The van der Waals surface area contributed by atoms with Gasteiger partial charge in [-0.25, -0.2) is 4.39 Å². The molecule has 0 saturated heterocycles. The Morgan fingerprint density at radius 3 is 2.61 bits per heavy atom. The Balaban J connectivity index is 1.48. The van der Waals surface area contributed by atoms with Crippen molar-refractivity contribution in [2.75, 3.05) is 0 Å². The van der Waals surface area contributed by atoms with Crippen LogP contribution in [0.15, 0.2) is 71.5 Å². The molecule has 8 nitrogen and oxygen atoms in total. The van der Waals surface area contributed by atoms with E-state index < -0.39 is 10.7 Å². The fourth-order valence-corrected chi connectivity index (χ4v) is 2.61. The smallest absolute Gasteiger partial charge is 0.311 e. The van der Waals surface area contributed by atoms with Crippen molar-refractivity contribution in [2.24, 2.45) is 0 Å². The molecular formula is C19H13FN4O4. The highest BCUT2D eigenvalue weighted by Crippen LogP contribution is 2.28. The molecule has 2 aromatic heterocycles. The summed E-state index contributed by atoms with van der Waals surface area (Å²) in [6, 6.07) is 14.4. The minimum absolute atomic E-state index is 0.114. The Labute approximate surface area is 158 Å². The largest absolute Gasteiger partial charge is 0.477 e. The molecule has 2 heterocycles. The SMILES string of the molecule is O=[N+]([O-])c1ccc(F)cc1OCc1nc(-c2ccc(-n3cccc3)cc2)no1. The predicted octanol–water partition coefficient (Wildman–Crippen LogP) is 4.15.